The van der Waals surface area contributed by atoms with Gasteiger partial charge in [0.05, 0.1) is 13.7 Å². The summed E-state index contributed by atoms with van der Waals surface area (Å²) in [4.78, 5) is 0. The number of para-hydroxylation sites is 1. The normalized spacial score (nSPS) is 12.0. The Morgan fingerprint density at radius 2 is 2.00 bits per heavy atom. The topological polar surface area (TPSA) is 64.7 Å². The number of ether oxygens (including phenoxy) is 2. The molecule has 3 N–H and O–H groups in total. The molecule has 0 heterocycles. The van der Waals surface area contributed by atoms with Crippen molar-refractivity contribution in [1.82, 2.24) is 0 Å². The standard InChI is InChI=1S/C16H18FNO3/c1-10(18)12-4-3-5-13(17)16(12)21-14-7-6-11(9-19)8-15(14)20-2/h3-8,10,19H,9,18H2,1-2H3/t10-/m0/s1. The monoisotopic (exact) mass is 291 g/mol. The molecule has 0 aliphatic carbocycles. The lowest BCUT2D eigenvalue weighted by Crippen LogP contribution is -2.08. The molecule has 0 fully saturated rings. The Morgan fingerprint density at radius 1 is 1.24 bits per heavy atom. The van der Waals surface area contributed by atoms with Crippen molar-refractivity contribution in [3.63, 3.8) is 0 Å². The lowest BCUT2D eigenvalue weighted by atomic mass is 10.1. The van der Waals surface area contributed by atoms with Crippen LogP contribution in [0.2, 0.25) is 0 Å². The lowest BCUT2D eigenvalue weighted by molar-refractivity contribution is 0.280. The zero-order chi connectivity index (χ0) is 15.4. The average Bonchev–Trinajstić information content (AvgIpc) is 2.49. The Bertz CT molecular complexity index is 629. The van der Waals surface area contributed by atoms with Gasteiger partial charge in [0.2, 0.25) is 0 Å². The van der Waals surface area contributed by atoms with Gasteiger partial charge in [-0.25, -0.2) is 4.39 Å². The molecule has 0 unspecified atom stereocenters. The molecular formula is C16H18FNO3. The van der Waals surface area contributed by atoms with Crippen molar-refractivity contribution in [2.45, 2.75) is 19.6 Å². The molecule has 0 aromatic heterocycles. The molecular weight excluding hydrogens is 273 g/mol. The summed E-state index contributed by atoms with van der Waals surface area (Å²) in [5.74, 6) is 0.378. The predicted octanol–water partition coefficient (Wildman–Crippen LogP) is 3.14. The highest BCUT2D eigenvalue weighted by atomic mass is 19.1. The third kappa shape index (κ3) is 3.32. The molecule has 2 aromatic rings. The Hall–Kier alpha value is -2.11. The summed E-state index contributed by atoms with van der Waals surface area (Å²) in [6.45, 7) is 1.65. The van der Waals surface area contributed by atoms with E-state index in [1.807, 2.05) is 0 Å². The van der Waals surface area contributed by atoms with E-state index < -0.39 is 5.82 Å². The molecule has 0 amide bonds. The van der Waals surface area contributed by atoms with Crippen LogP contribution in [0.3, 0.4) is 0 Å². The van der Waals surface area contributed by atoms with E-state index in [-0.39, 0.29) is 18.4 Å². The summed E-state index contributed by atoms with van der Waals surface area (Å²) < 4.78 is 24.9. The molecule has 0 spiro atoms. The van der Waals surface area contributed by atoms with Crippen molar-refractivity contribution >= 4 is 0 Å². The van der Waals surface area contributed by atoms with Crippen molar-refractivity contribution in [2.75, 3.05) is 7.11 Å². The Morgan fingerprint density at radius 3 is 2.62 bits per heavy atom. The number of methoxy groups -OCH3 is 1. The second-order valence-corrected chi connectivity index (χ2v) is 4.69. The molecule has 0 saturated carbocycles. The molecule has 21 heavy (non-hydrogen) atoms. The molecule has 0 radical (unpaired) electrons. The number of rotatable bonds is 5. The number of hydrogen-bond donors (Lipinski definition) is 2. The smallest absolute Gasteiger partial charge is 0.169 e. The molecule has 0 saturated heterocycles. The first-order chi connectivity index (χ1) is 10.1. The summed E-state index contributed by atoms with van der Waals surface area (Å²) in [5.41, 5.74) is 7.10. The minimum atomic E-state index is -0.488. The van der Waals surface area contributed by atoms with Gasteiger partial charge in [0.15, 0.2) is 23.1 Å². The summed E-state index contributed by atoms with van der Waals surface area (Å²) in [6.07, 6.45) is 0. The Labute approximate surface area is 122 Å². The van der Waals surface area contributed by atoms with Crippen LogP contribution in [0.15, 0.2) is 36.4 Å². The molecule has 2 rings (SSSR count). The summed E-state index contributed by atoms with van der Waals surface area (Å²) >= 11 is 0. The first-order valence-electron chi connectivity index (χ1n) is 6.56. The van der Waals surface area contributed by atoms with Crippen LogP contribution in [-0.2, 0) is 6.61 Å². The lowest BCUT2D eigenvalue weighted by Gasteiger charge is -2.16. The number of benzene rings is 2. The second-order valence-electron chi connectivity index (χ2n) is 4.69. The summed E-state index contributed by atoms with van der Waals surface area (Å²) in [6, 6.07) is 9.21. The largest absolute Gasteiger partial charge is 0.493 e. The van der Waals surface area contributed by atoms with Crippen LogP contribution in [-0.4, -0.2) is 12.2 Å². The molecule has 112 valence electrons. The van der Waals surface area contributed by atoms with Crippen LogP contribution in [0.25, 0.3) is 0 Å². The number of hydrogen-bond acceptors (Lipinski definition) is 4. The van der Waals surface area contributed by atoms with Crippen LogP contribution >= 0.6 is 0 Å². The first kappa shape index (κ1) is 15.3. The van der Waals surface area contributed by atoms with E-state index >= 15 is 0 Å². The van der Waals surface area contributed by atoms with Crippen LogP contribution in [0.5, 0.6) is 17.2 Å². The maximum Gasteiger partial charge on any atom is 0.169 e. The molecule has 0 aliphatic heterocycles. The highest BCUT2D eigenvalue weighted by Crippen LogP contribution is 2.36. The van der Waals surface area contributed by atoms with Crippen molar-refractivity contribution in [2.24, 2.45) is 5.73 Å². The quantitative estimate of drug-likeness (QED) is 0.888. The number of halogens is 1. The minimum Gasteiger partial charge on any atom is -0.493 e. The molecule has 5 heteroatoms. The van der Waals surface area contributed by atoms with Gasteiger partial charge in [-0.05, 0) is 30.7 Å². The summed E-state index contributed by atoms with van der Waals surface area (Å²) in [7, 11) is 1.48. The minimum absolute atomic E-state index is 0.0857. The Kier molecular flexibility index (Phi) is 4.77. The van der Waals surface area contributed by atoms with Gasteiger partial charge >= 0.3 is 0 Å². The van der Waals surface area contributed by atoms with Crippen LogP contribution < -0.4 is 15.2 Å². The van der Waals surface area contributed by atoms with E-state index in [1.165, 1.54) is 13.2 Å². The first-order valence-corrected chi connectivity index (χ1v) is 6.56. The van der Waals surface area contributed by atoms with Gasteiger partial charge in [-0.1, -0.05) is 18.2 Å². The maximum atomic E-state index is 14.0. The number of nitrogens with two attached hydrogens (primary N) is 1. The average molecular weight is 291 g/mol. The summed E-state index contributed by atoms with van der Waals surface area (Å²) in [5, 5.41) is 9.13. The molecule has 2 aromatic carbocycles. The van der Waals surface area contributed by atoms with Crippen molar-refractivity contribution in [3.05, 3.63) is 53.3 Å². The Balaban J connectivity index is 2.43. The van der Waals surface area contributed by atoms with Gasteiger partial charge in [-0.3, -0.25) is 0 Å². The highest BCUT2D eigenvalue weighted by molar-refractivity contribution is 5.47. The van der Waals surface area contributed by atoms with Crippen molar-refractivity contribution in [3.8, 4) is 17.2 Å². The third-order valence-electron chi connectivity index (χ3n) is 3.11. The van der Waals surface area contributed by atoms with Crippen LogP contribution in [0.1, 0.15) is 24.1 Å². The van der Waals surface area contributed by atoms with Crippen LogP contribution in [0.4, 0.5) is 4.39 Å². The van der Waals surface area contributed by atoms with E-state index in [0.29, 0.717) is 22.6 Å². The number of aliphatic hydroxyl groups is 1. The van der Waals surface area contributed by atoms with Gasteiger partial charge in [0.1, 0.15) is 0 Å². The fourth-order valence-electron chi connectivity index (χ4n) is 2.00. The van der Waals surface area contributed by atoms with Crippen molar-refractivity contribution < 1.29 is 19.0 Å². The van der Waals surface area contributed by atoms with Gasteiger partial charge in [0.25, 0.3) is 0 Å². The van der Waals surface area contributed by atoms with E-state index in [9.17, 15) is 4.39 Å². The van der Waals surface area contributed by atoms with Crippen LogP contribution in [0, 0.1) is 5.82 Å². The van der Waals surface area contributed by atoms with E-state index in [2.05, 4.69) is 0 Å². The molecule has 0 aliphatic rings. The van der Waals surface area contributed by atoms with Crippen molar-refractivity contribution in [1.29, 1.82) is 0 Å². The fourth-order valence-corrected chi connectivity index (χ4v) is 2.00. The SMILES string of the molecule is COc1cc(CO)ccc1Oc1c(F)cccc1[C@H](C)N. The second kappa shape index (κ2) is 6.56. The predicted molar refractivity (Wildman–Crippen MR) is 78.0 cm³/mol. The zero-order valence-electron chi connectivity index (χ0n) is 12.0. The van der Waals surface area contributed by atoms with Gasteiger partial charge in [-0.15, -0.1) is 0 Å². The molecule has 0 bridgehead atoms. The van der Waals surface area contributed by atoms with Gasteiger partial charge in [-0.2, -0.15) is 0 Å². The highest BCUT2D eigenvalue weighted by Gasteiger charge is 2.16. The van der Waals surface area contributed by atoms with Gasteiger partial charge in [0, 0.05) is 11.6 Å². The van der Waals surface area contributed by atoms with Gasteiger partial charge < -0.3 is 20.3 Å². The fraction of sp³-hybridized carbons (Fsp3) is 0.250. The maximum absolute atomic E-state index is 14.0. The van der Waals surface area contributed by atoms with E-state index in [1.54, 1.807) is 37.3 Å². The third-order valence-corrected chi connectivity index (χ3v) is 3.11. The molecule has 1 atom stereocenters. The van der Waals surface area contributed by atoms with E-state index in [0.717, 1.165) is 0 Å². The molecule has 4 nitrogen and oxygen atoms in total. The van der Waals surface area contributed by atoms with E-state index in [4.69, 9.17) is 20.3 Å². The zero-order valence-corrected chi connectivity index (χ0v) is 12.0. The number of aliphatic hydroxyl groups excluding tert-OH is 1.